The van der Waals surface area contributed by atoms with Gasteiger partial charge in [-0.3, -0.25) is 0 Å². The molecule has 0 aromatic carbocycles. The van der Waals surface area contributed by atoms with Crippen LogP contribution >= 0.6 is 11.3 Å². The third-order valence-corrected chi connectivity index (χ3v) is 3.80. The number of nitrogens with one attached hydrogen (secondary N) is 1. The highest BCUT2D eigenvalue weighted by Crippen LogP contribution is 2.31. The summed E-state index contributed by atoms with van der Waals surface area (Å²) < 4.78 is 5.46. The Hall–Kier alpha value is -0.450. The number of hydrogen-bond acceptors (Lipinski definition) is 4. The largest absolute Gasteiger partial charge is 0.381 e. The highest BCUT2D eigenvalue weighted by molar-refractivity contribution is 7.11. The number of nitrogens with zero attached hydrogens (tertiary/aromatic N) is 1. The Morgan fingerprint density at radius 1 is 1.73 bits per heavy atom. The lowest BCUT2D eigenvalue weighted by molar-refractivity contribution is 0.177. The third-order valence-electron chi connectivity index (χ3n) is 2.81. The van der Waals surface area contributed by atoms with E-state index in [0.717, 1.165) is 31.2 Å². The van der Waals surface area contributed by atoms with Gasteiger partial charge in [-0.1, -0.05) is 6.92 Å². The van der Waals surface area contributed by atoms with Gasteiger partial charge in [0.15, 0.2) is 0 Å². The van der Waals surface area contributed by atoms with Crippen LogP contribution in [-0.4, -0.2) is 24.7 Å². The number of thiazole rings is 1. The lowest BCUT2D eigenvalue weighted by atomic mass is 9.98. The van der Waals surface area contributed by atoms with Crippen molar-refractivity contribution >= 4 is 11.3 Å². The summed E-state index contributed by atoms with van der Waals surface area (Å²) in [5, 5.41) is 4.69. The zero-order valence-electron chi connectivity index (χ0n) is 9.32. The van der Waals surface area contributed by atoms with Gasteiger partial charge in [0.05, 0.1) is 11.6 Å². The van der Waals surface area contributed by atoms with Gasteiger partial charge in [-0.2, -0.15) is 0 Å². The maximum atomic E-state index is 5.46. The SMILES string of the molecule is CCNC(c1cnc(C)s1)C1CCOC1. The molecule has 0 spiro atoms. The van der Waals surface area contributed by atoms with Crippen LogP contribution in [0.3, 0.4) is 0 Å². The van der Waals surface area contributed by atoms with Crippen molar-refractivity contribution in [3.8, 4) is 0 Å². The fourth-order valence-corrected chi connectivity index (χ4v) is 3.01. The van der Waals surface area contributed by atoms with Gasteiger partial charge in [0, 0.05) is 29.6 Å². The number of rotatable bonds is 4. The van der Waals surface area contributed by atoms with Crippen LogP contribution in [-0.2, 0) is 4.74 Å². The molecule has 1 aromatic heterocycles. The fraction of sp³-hybridized carbons (Fsp3) is 0.727. The summed E-state index contributed by atoms with van der Waals surface area (Å²) in [6.07, 6.45) is 3.17. The Morgan fingerprint density at radius 2 is 2.60 bits per heavy atom. The molecule has 2 heterocycles. The van der Waals surface area contributed by atoms with Gasteiger partial charge in [-0.25, -0.2) is 4.98 Å². The standard InChI is InChI=1S/C11H18N2OS/c1-3-12-11(9-4-5-14-7-9)10-6-13-8(2)15-10/h6,9,11-12H,3-5,7H2,1-2H3. The van der Waals surface area contributed by atoms with E-state index in [0.29, 0.717) is 12.0 Å². The van der Waals surface area contributed by atoms with Crippen LogP contribution in [0.15, 0.2) is 6.20 Å². The van der Waals surface area contributed by atoms with E-state index in [1.807, 2.05) is 6.20 Å². The van der Waals surface area contributed by atoms with E-state index in [9.17, 15) is 0 Å². The van der Waals surface area contributed by atoms with Crippen LogP contribution in [0, 0.1) is 12.8 Å². The minimum atomic E-state index is 0.434. The maximum absolute atomic E-state index is 5.46. The maximum Gasteiger partial charge on any atom is 0.0897 e. The molecular formula is C11H18N2OS. The van der Waals surface area contributed by atoms with E-state index < -0.39 is 0 Å². The van der Waals surface area contributed by atoms with Crippen LogP contribution in [0.1, 0.15) is 29.3 Å². The first-order chi connectivity index (χ1) is 7.31. The van der Waals surface area contributed by atoms with Crippen molar-refractivity contribution in [2.75, 3.05) is 19.8 Å². The van der Waals surface area contributed by atoms with Gasteiger partial charge in [0.25, 0.3) is 0 Å². The third kappa shape index (κ3) is 2.56. The first-order valence-corrected chi connectivity index (χ1v) is 6.36. The van der Waals surface area contributed by atoms with Gasteiger partial charge < -0.3 is 10.1 Å². The molecule has 84 valence electrons. The molecule has 1 aliphatic heterocycles. The van der Waals surface area contributed by atoms with E-state index in [-0.39, 0.29) is 0 Å². The van der Waals surface area contributed by atoms with Crippen molar-refractivity contribution in [2.24, 2.45) is 5.92 Å². The van der Waals surface area contributed by atoms with Crippen molar-refractivity contribution in [2.45, 2.75) is 26.3 Å². The highest BCUT2D eigenvalue weighted by Gasteiger charge is 2.27. The van der Waals surface area contributed by atoms with E-state index in [1.54, 1.807) is 11.3 Å². The van der Waals surface area contributed by atoms with Crippen molar-refractivity contribution < 1.29 is 4.74 Å². The van der Waals surface area contributed by atoms with Gasteiger partial charge >= 0.3 is 0 Å². The summed E-state index contributed by atoms with van der Waals surface area (Å²) in [7, 11) is 0. The monoisotopic (exact) mass is 226 g/mol. The second kappa shape index (κ2) is 5.05. The lowest BCUT2D eigenvalue weighted by Crippen LogP contribution is -2.27. The molecule has 3 nitrogen and oxygen atoms in total. The summed E-state index contributed by atoms with van der Waals surface area (Å²) in [5.74, 6) is 0.616. The van der Waals surface area contributed by atoms with Gasteiger partial charge in [-0.05, 0) is 19.9 Å². The number of aromatic nitrogens is 1. The molecule has 2 rings (SSSR count). The van der Waals surface area contributed by atoms with Crippen LogP contribution in [0.5, 0.6) is 0 Å². The average molecular weight is 226 g/mol. The van der Waals surface area contributed by atoms with Crippen LogP contribution < -0.4 is 5.32 Å². The Balaban J connectivity index is 2.11. The Bertz CT molecular complexity index is 307. The molecule has 0 bridgehead atoms. The molecule has 15 heavy (non-hydrogen) atoms. The first-order valence-electron chi connectivity index (χ1n) is 5.54. The molecule has 2 atom stereocenters. The topological polar surface area (TPSA) is 34.2 Å². The smallest absolute Gasteiger partial charge is 0.0897 e. The number of hydrogen-bond donors (Lipinski definition) is 1. The molecule has 1 aliphatic rings. The summed E-state index contributed by atoms with van der Waals surface area (Å²) in [4.78, 5) is 5.68. The molecule has 1 fully saturated rings. The molecule has 2 unspecified atom stereocenters. The molecule has 0 radical (unpaired) electrons. The Labute approximate surface area is 94.9 Å². The lowest BCUT2D eigenvalue weighted by Gasteiger charge is -2.21. The normalized spacial score (nSPS) is 23.2. The van der Waals surface area contributed by atoms with Crippen molar-refractivity contribution in [3.63, 3.8) is 0 Å². The highest BCUT2D eigenvalue weighted by atomic mass is 32.1. The molecular weight excluding hydrogens is 208 g/mol. The first kappa shape index (κ1) is 11.0. The van der Waals surface area contributed by atoms with Crippen LogP contribution in [0.25, 0.3) is 0 Å². The van der Waals surface area contributed by atoms with Crippen molar-refractivity contribution in [1.82, 2.24) is 10.3 Å². The second-order valence-electron chi connectivity index (χ2n) is 3.94. The minimum Gasteiger partial charge on any atom is -0.381 e. The predicted octanol–water partition coefficient (Wildman–Crippen LogP) is 2.14. The second-order valence-corrected chi connectivity index (χ2v) is 5.21. The van der Waals surface area contributed by atoms with Gasteiger partial charge in [0.1, 0.15) is 0 Å². The predicted molar refractivity (Wildman–Crippen MR) is 62.2 cm³/mol. The molecule has 4 heteroatoms. The minimum absolute atomic E-state index is 0.434. The fourth-order valence-electron chi connectivity index (χ4n) is 2.06. The van der Waals surface area contributed by atoms with Crippen LogP contribution in [0.2, 0.25) is 0 Å². The summed E-state index contributed by atoms with van der Waals surface area (Å²) in [5.41, 5.74) is 0. The zero-order valence-corrected chi connectivity index (χ0v) is 10.1. The quantitative estimate of drug-likeness (QED) is 0.854. The van der Waals surface area contributed by atoms with Gasteiger partial charge in [-0.15, -0.1) is 11.3 Å². The molecule has 0 aliphatic carbocycles. The van der Waals surface area contributed by atoms with E-state index in [1.165, 1.54) is 4.88 Å². The average Bonchev–Trinajstić information content (AvgIpc) is 2.85. The Morgan fingerprint density at radius 3 is 3.13 bits per heavy atom. The van der Waals surface area contributed by atoms with E-state index in [4.69, 9.17) is 4.74 Å². The summed E-state index contributed by atoms with van der Waals surface area (Å²) in [6, 6.07) is 0.434. The summed E-state index contributed by atoms with van der Waals surface area (Å²) in [6.45, 7) is 7.00. The Kier molecular flexibility index (Phi) is 3.72. The van der Waals surface area contributed by atoms with E-state index in [2.05, 4.69) is 24.1 Å². The summed E-state index contributed by atoms with van der Waals surface area (Å²) >= 11 is 1.79. The molecule has 0 amide bonds. The zero-order chi connectivity index (χ0) is 10.7. The molecule has 1 N–H and O–H groups in total. The molecule has 1 aromatic rings. The van der Waals surface area contributed by atoms with Crippen molar-refractivity contribution in [1.29, 1.82) is 0 Å². The molecule has 0 saturated carbocycles. The number of aryl methyl sites for hydroxylation is 1. The van der Waals surface area contributed by atoms with Gasteiger partial charge in [0.2, 0.25) is 0 Å². The van der Waals surface area contributed by atoms with Crippen molar-refractivity contribution in [3.05, 3.63) is 16.1 Å². The van der Waals surface area contributed by atoms with Crippen LogP contribution in [0.4, 0.5) is 0 Å². The number of ether oxygens (including phenoxy) is 1. The van der Waals surface area contributed by atoms with E-state index >= 15 is 0 Å². The molecule has 1 saturated heterocycles.